The molecule has 28 heavy (non-hydrogen) atoms. The van der Waals surface area contributed by atoms with E-state index in [9.17, 15) is 9.90 Å². The van der Waals surface area contributed by atoms with Crippen LogP contribution in [0.2, 0.25) is 10.0 Å². The van der Waals surface area contributed by atoms with Crippen LogP contribution in [0.25, 0.3) is 10.9 Å². The van der Waals surface area contributed by atoms with Crippen molar-refractivity contribution >= 4 is 45.7 Å². The average Bonchev–Trinajstić information content (AvgIpc) is 2.69. The Morgan fingerprint density at radius 1 is 1.25 bits per heavy atom. The van der Waals surface area contributed by atoms with Gasteiger partial charge in [0.25, 0.3) is 5.91 Å². The van der Waals surface area contributed by atoms with Gasteiger partial charge in [-0.3, -0.25) is 14.7 Å². The number of likely N-dealkylation sites (N-methyl/N-ethyl adjacent to an activating group) is 1. The molecule has 0 radical (unpaired) electrons. The summed E-state index contributed by atoms with van der Waals surface area (Å²) in [5.41, 5.74) is 3.78. The molecule has 4 rings (SSSR count). The number of phenols is 1. The summed E-state index contributed by atoms with van der Waals surface area (Å²) in [6.07, 6.45) is 0.811. The molecule has 1 aliphatic heterocycles. The van der Waals surface area contributed by atoms with Crippen molar-refractivity contribution in [2.24, 2.45) is 0 Å². The van der Waals surface area contributed by atoms with Crippen molar-refractivity contribution in [3.8, 4) is 5.75 Å². The molecule has 2 aromatic carbocycles. The Labute approximate surface area is 172 Å². The summed E-state index contributed by atoms with van der Waals surface area (Å²) in [6.45, 7) is 4.64. The van der Waals surface area contributed by atoms with Gasteiger partial charge in [-0.25, -0.2) is 0 Å². The number of para-hydroxylation sites is 1. The van der Waals surface area contributed by atoms with Crippen LogP contribution >= 0.6 is 23.2 Å². The van der Waals surface area contributed by atoms with Gasteiger partial charge < -0.3 is 10.4 Å². The maximum absolute atomic E-state index is 13.3. The third-order valence-electron chi connectivity index (χ3n) is 5.07. The smallest absolute Gasteiger partial charge is 0.256 e. The van der Waals surface area contributed by atoms with Gasteiger partial charge in [0.15, 0.2) is 5.75 Å². The molecule has 0 fully saturated rings. The molecule has 3 aromatic rings. The van der Waals surface area contributed by atoms with Crippen LogP contribution in [0.4, 0.5) is 5.69 Å². The molecule has 0 saturated heterocycles. The Morgan fingerprint density at radius 2 is 1.96 bits per heavy atom. The highest BCUT2D eigenvalue weighted by Crippen LogP contribution is 2.35. The molecule has 1 aromatic heterocycles. The summed E-state index contributed by atoms with van der Waals surface area (Å²) in [4.78, 5) is 20.4. The Kier molecular flexibility index (Phi) is 5.15. The van der Waals surface area contributed by atoms with Gasteiger partial charge in [-0.05, 0) is 24.7 Å². The van der Waals surface area contributed by atoms with Gasteiger partial charge in [-0.1, -0.05) is 48.3 Å². The van der Waals surface area contributed by atoms with Crippen LogP contribution in [0.3, 0.4) is 0 Å². The second-order valence-electron chi connectivity index (χ2n) is 6.79. The van der Waals surface area contributed by atoms with E-state index in [0.717, 1.165) is 41.7 Å². The van der Waals surface area contributed by atoms with Crippen molar-refractivity contribution in [2.45, 2.75) is 19.9 Å². The van der Waals surface area contributed by atoms with Crippen molar-refractivity contribution in [3.63, 3.8) is 0 Å². The Morgan fingerprint density at radius 3 is 2.68 bits per heavy atom. The van der Waals surface area contributed by atoms with Crippen molar-refractivity contribution in [2.75, 3.05) is 18.4 Å². The topological polar surface area (TPSA) is 65.5 Å². The number of pyridine rings is 1. The molecule has 0 aliphatic carbocycles. The summed E-state index contributed by atoms with van der Waals surface area (Å²) in [6, 6.07) is 10.6. The molecular weight excluding hydrogens is 397 g/mol. The number of phenolic OH excluding ortho intramolecular Hbond substituents is 1. The lowest BCUT2D eigenvalue weighted by atomic mass is 9.95. The number of nitrogens with one attached hydrogen (secondary N) is 1. The van der Waals surface area contributed by atoms with Gasteiger partial charge in [-0.15, -0.1) is 0 Å². The number of nitrogens with zero attached hydrogens (tertiary/aromatic N) is 2. The van der Waals surface area contributed by atoms with E-state index in [1.807, 2.05) is 24.3 Å². The highest BCUT2D eigenvalue weighted by Gasteiger charge is 2.25. The second-order valence-corrected chi connectivity index (χ2v) is 7.60. The van der Waals surface area contributed by atoms with Crippen LogP contribution < -0.4 is 5.32 Å². The highest BCUT2D eigenvalue weighted by molar-refractivity contribution is 6.37. The number of aromatic nitrogens is 1. The van der Waals surface area contributed by atoms with Crippen LogP contribution in [0.5, 0.6) is 5.75 Å². The molecule has 0 saturated carbocycles. The van der Waals surface area contributed by atoms with E-state index >= 15 is 0 Å². The van der Waals surface area contributed by atoms with Crippen LogP contribution in [-0.2, 0) is 13.0 Å². The Hall–Kier alpha value is -2.34. The van der Waals surface area contributed by atoms with E-state index in [1.165, 1.54) is 12.1 Å². The first-order valence-corrected chi connectivity index (χ1v) is 9.85. The van der Waals surface area contributed by atoms with E-state index in [2.05, 4.69) is 17.1 Å². The van der Waals surface area contributed by atoms with Gasteiger partial charge in [-0.2, -0.15) is 0 Å². The van der Waals surface area contributed by atoms with Crippen molar-refractivity contribution < 1.29 is 9.90 Å². The van der Waals surface area contributed by atoms with E-state index in [4.69, 9.17) is 28.2 Å². The largest absolute Gasteiger partial charge is 0.505 e. The zero-order valence-corrected chi connectivity index (χ0v) is 16.8. The minimum Gasteiger partial charge on any atom is -0.505 e. The number of carbonyl (C=O) groups excluding carboxylic acids is 1. The van der Waals surface area contributed by atoms with E-state index in [-0.39, 0.29) is 21.7 Å². The molecule has 2 N–H and O–H groups in total. The van der Waals surface area contributed by atoms with Crippen LogP contribution in [-0.4, -0.2) is 34.0 Å². The lowest BCUT2D eigenvalue weighted by Gasteiger charge is -2.29. The van der Waals surface area contributed by atoms with Crippen molar-refractivity contribution in [3.05, 3.63) is 63.3 Å². The molecule has 144 valence electrons. The first-order chi connectivity index (χ1) is 13.5. The third-order valence-corrected chi connectivity index (χ3v) is 5.65. The first kappa shape index (κ1) is 19.0. The van der Waals surface area contributed by atoms with Gasteiger partial charge in [0, 0.05) is 41.8 Å². The fourth-order valence-corrected chi connectivity index (χ4v) is 4.09. The monoisotopic (exact) mass is 415 g/mol. The SMILES string of the molecule is CCN1CCc2nc3ccccc3c(C(=O)Nc3cc(Cl)c(O)c(Cl)c3)c2C1. The molecule has 0 atom stereocenters. The van der Waals surface area contributed by atoms with Crippen LogP contribution in [0.15, 0.2) is 36.4 Å². The lowest BCUT2D eigenvalue weighted by molar-refractivity contribution is 0.102. The minimum absolute atomic E-state index is 0.0848. The number of hydrogen-bond donors (Lipinski definition) is 2. The molecule has 0 spiro atoms. The molecule has 1 aliphatic rings. The number of aromatic hydroxyl groups is 1. The Balaban J connectivity index is 1.81. The molecular formula is C21H19Cl2N3O2. The number of halogens is 2. The van der Waals surface area contributed by atoms with Crippen LogP contribution in [0.1, 0.15) is 28.5 Å². The standard InChI is InChI=1S/C21H19Cl2N3O2/c1-2-26-8-7-18-14(11-26)19(13-5-3-4-6-17(13)25-18)21(28)24-12-9-15(22)20(27)16(23)10-12/h3-6,9-10,27H,2,7-8,11H2,1H3,(H,24,28). The maximum atomic E-state index is 13.3. The number of anilines is 1. The number of rotatable bonds is 3. The summed E-state index contributed by atoms with van der Waals surface area (Å²) < 4.78 is 0. The molecule has 0 bridgehead atoms. The predicted molar refractivity (Wildman–Crippen MR) is 112 cm³/mol. The maximum Gasteiger partial charge on any atom is 0.256 e. The van der Waals surface area contributed by atoms with Crippen LogP contribution in [0, 0.1) is 0 Å². The summed E-state index contributed by atoms with van der Waals surface area (Å²) in [7, 11) is 0. The van der Waals surface area contributed by atoms with Gasteiger partial charge in [0.1, 0.15) is 0 Å². The van der Waals surface area contributed by atoms with Crippen molar-refractivity contribution in [1.82, 2.24) is 9.88 Å². The molecule has 5 nitrogen and oxygen atoms in total. The molecule has 0 unspecified atom stereocenters. The zero-order chi connectivity index (χ0) is 19.8. The quantitative estimate of drug-likeness (QED) is 0.598. The van der Waals surface area contributed by atoms with E-state index < -0.39 is 0 Å². The summed E-state index contributed by atoms with van der Waals surface area (Å²) in [5, 5.41) is 13.6. The predicted octanol–water partition coefficient (Wildman–Crippen LogP) is 4.88. The fraction of sp³-hybridized carbons (Fsp3) is 0.238. The number of fused-ring (bicyclic) bond motifs is 2. The zero-order valence-electron chi connectivity index (χ0n) is 15.3. The molecule has 7 heteroatoms. The fourth-order valence-electron chi connectivity index (χ4n) is 3.61. The minimum atomic E-state index is -0.245. The number of hydrogen-bond acceptors (Lipinski definition) is 4. The number of amides is 1. The van der Waals surface area contributed by atoms with Crippen molar-refractivity contribution in [1.29, 1.82) is 0 Å². The van der Waals surface area contributed by atoms with E-state index in [0.29, 0.717) is 17.8 Å². The van der Waals surface area contributed by atoms with E-state index in [1.54, 1.807) is 0 Å². The molecule has 1 amide bonds. The summed E-state index contributed by atoms with van der Waals surface area (Å²) in [5.74, 6) is -0.447. The summed E-state index contributed by atoms with van der Waals surface area (Å²) >= 11 is 12.0. The number of carbonyl (C=O) groups is 1. The molecule has 2 heterocycles. The van der Waals surface area contributed by atoms with Gasteiger partial charge >= 0.3 is 0 Å². The average molecular weight is 416 g/mol. The normalized spacial score (nSPS) is 14.1. The highest BCUT2D eigenvalue weighted by atomic mass is 35.5. The Bertz CT molecular complexity index is 1060. The first-order valence-electron chi connectivity index (χ1n) is 9.10. The second kappa shape index (κ2) is 7.59. The lowest BCUT2D eigenvalue weighted by Crippen LogP contribution is -2.33. The number of benzene rings is 2. The van der Waals surface area contributed by atoms with Gasteiger partial charge in [0.05, 0.1) is 21.1 Å². The van der Waals surface area contributed by atoms with Gasteiger partial charge in [0.2, 0.25) is 0 Å². The third kappa shape index (κ3) is 3.41.